The highest BCUT2D eigenvalue weighted by atomic mass is 16.5. The Balaban J connectivity index is 1.59. The normalized spacial score (nSPS) is 14.7. The maximum atomic E-state index is 13.4. The number of para-hydroxylation sites is 2. The molecule has 0 bridgehead atoms. The van der Waals surface area contributed by atoms with E-state index >= 15 is 0 Å². The highest BCUT2D eigenvalue weighted by Crippen LogP contribution is 2.39. The summed E-state index contributed by atoms with van der Waals surface area (Å²) < 4.78 is 21.8. The Labute approximate surface area is 186 Å². The van der Waals surface area contributed by atoms with Crippen LogP contribution in [0.3, 0.4) is 0 Å². The lowest BCUT2D eigenvalue weighted by molar-refractivity contribution is -0.121. The molecule has 1 atom stereocenters. The van der Waals surface area contributed by atoms with Crippen molar-refractivity contribution in [2.45, 2.75) is 6.04 Å². The zero-order valence-corrected chi connectivity index (χ0v) is 17.8. The Kier molecular flexibility index (Phi) is 6.26. The number of hydrogen-bond donors (Lipinski definition) is 0. The van der Waals surface area contributed by atoms with Gasteiger partial charge in [0.1, 0.15) is 12.4 Å². The number of hydrogen-bond acceptors (Lipinski definition) is 6. The Morgan fingerprint density at radius 2 is 1.72 bits per heavy atom. The molecule has 1 heterocycles. The van der Waals surface area contributed by atoms with Gasteiger partial charge in [-0.15, -0.1) is 0 Å². The Morgan fingerprint density at radius 1 is 0.969 bits per heavy atom. The smallest absolute Gasteiger partial charge is 0.337 e. The van der Waals surface area contributed by atoms with Crippen LogP contribution in [0.1, 0.15) is 22.0 Å². The van der Waals surface area contributed by atoms with Gasteiger partial charge in [-0.1, -0.05) is 42.5 Å². The molecule has 3 aromatic carbocycles. The molecule has 0 spiro atoms. The molecule has 1 aliphatic heterocycles. The third kappa shape index (κ3) is 4.23. The van der Waals surface area contributed by atoms with E-state index in [9.17, 15) is 9.59 Å². The van der Waals surface area contributed by atoms with Gasteiger partial charge in [-0.3, -0.25) is 9.69 Å². The van der Waals surface area contributed by atoms with Crippen LogP contribution >= 0.6 is 0 Å². The molecule has 0 N–H and O–H groups in total. The molecule has 1 aliphatic rings. The monoisotopic (exact) mass is 433 g/mol. The first-order chi connectivity index (χ1) is 15.6. The van der Waals surface area contributed by atoms with Gasteiger partial charge in [0.25, 0.3) is 5.91 Å². The first-order valence-electron chi connectivity index (χ1n) is 10.1. The summed E-state index contributed by atoms with van der Waals surface area (Å²) in [7, 11) is 2.77. The van der Waals surface area contributed by atoms with Crippen molar-refractivity contribution in [2.24, 2.45) is 0 Å². The van der Waals surface area contributed by atoms with Crippen molar-refractivity contribution in [3.8, 4) is 17.2 Å². The molecule has 7 nitrogen and oxygen atoms in total. The van der Waals surface area contributed by atoms with E-state index in [1.54, 1.807) is 17.0 Å². The summed E-state index contributed by atoms with van der Waals surface area (Å²) in [5.41, 5.74) is 1.99. The molecule has 0 aliphatic carbocycles. The van der Waals surface area contributed by atoms with Crippen LogP contribution in [0.4, 0.5) is 5.69 Å². The third-order valence-electron chi connectivity index (χ3n) is 5.22. The minimum absolute atomic E-state index is 0.217. The Bertz CT molecular complexity index is 1110. The first-order valence-corrected chi connectivity index (χ1v) is 10.1. The van der Waals surface area contributed by atoms with Gasteiger partial charge in [0.15, 0.2) is 18.1 Å². The number of carbonyl (C=O) groups excluding carboxylic acids is 2. The van der Waals surface area contributed by atoms with E-state index < -0.39 is 5.97 Å². The molecule has 7 heteroatoms. The quantitative estimate of drug-likeness (QED) is 0.547. The van der Waals surface area contributed by atoms with Crippen LogP contribution in [-0.2, 0) is 9.53 Å². The zero-order valence-electron chi connectivity index (χ0n) is 17.8. The van der Waals surface area contributed by atoms with Crippen molar-refractivity contribution >= 4 is 17.6 Å². The lowest BCUT2D eigenvalue weighted by Crippen LogP contribution is -2.43. The standard InChI is InChI=1S/C25H23NO6/c1-29-23-14-18(25(28)30-2)12-13-22(23)32-16-24(27)26-19-10-6-7-11-21(19)31-15-20(26)17-8-4-3-5-9-17/h3-14,20H,15-16H2,1-2H3/t20-/m0/s1. The zero-order chi connectivity index (χ0) is 22.5. The van der Waals surface area contributed by atoms with Crippen LogP contribution in [-0.4, -0.2) is 39.3 Å². The molecular weight excluding hydrogens is 410 g/mol. The number of amides is 1. The second kappa shape index (κ2) is 9.43. The van der Waals surface area contributed by atoms with Crippen molar-refractivity contribution in [3.63, 3.8) is 0 Å². The fourth-order valence-corrected chi connectivity index (χ4v) is 3.66. The third-order valence-corrected chi connectivity index (χ3v) is 5.22. The van der Waals surface area contributed by atoms with Gasteiger partial charge < -0.3 is 18.9 Å². The Hall–Kier alpha value is -4.00. The highest BCUT2D eigenvalue weighted by molar-refractivity contribution is 5.97. The molecule has 0 saturated carbocycles. The van der Waals surface area contributed by atoms with Gasteiger partial charge in [0.05, 0.1) is 31.5 Å². The molecule has 0 radical (unpaired) electrons. The fraction of sp³-hybridized carbons (Fsp3) is 0.200. The van der Waals surface area contributed by atoms with E-state index in [1.165, 1.54) is 20.3 Å². The number of nitrogens with zero attached hydrogens (tertiary/aromatic N) is 1. The van der Waals surface area contributed by atoms with Crippen molar-refractivity contribution < 1.29 is 28.5 Å². The van der Waals surface area contributed by atoms with Crippen molar-refractivity contribution in [1.82, 2.24) is 0 Å². The lowest BCUT2D eigenvalue weighted by Gasteiger charge is -2.37. The van der Waals surface area contributed by atoms with E-state index in [1.807, 2.05) is 54.6 Å². The molecule has 0 fully saturated rings. The van der Waals surface area contributed by atoms with Crippen LogP contribution in [0.15, 0.2) is 72.8 Å². The molecule has 1 amide bonds. The van der Waals surface area contributed by atoms with Gasteiger partial charge in [0, 0.05) is 0 Å². The van der Waals surface area contributed by atoms with Gasteiger partial charge in [-0.05, 0) is 35.9 Å². The topological polar surface area (TPSA) is 74.3 Å². The summed E-state index contributed by atoms with van der Waals surface area (Å²) in [5.74, 6) is 0.622. The molecular formula is C25H23NO6. The molecule has 164 valence electrons. The van der Waals surface area contributed by atoms with Gasteiger partial charge in [0.2, 0.25) is 0 Å². The number of ether oxygens (including phenoxy) is 4. The van der Waals surface area contributed by atoms with Crippen molar-refractivity contribution in [2.75, 3.05) is 32.3 Å². The van der Waals surface area contributed by atoms with E-state index in [0.29, 0.717) is 35.1 Å². The van der Waals surface area contributed by atoms with Crippen molar-refractivity contribution in [3.05, 3.63) is 83.9 Å². The summed E-state index contributed by atoms with van der Waals surface area (Å²) in [4.78, 5) is 26.8. The van der Waals surface area contributed by atoms with E-state index in [4.69, 9.17) is 18.9 Å². The number of rotatable bonds is 6. The van der Waals surface area contributed by atoms with E-state index in [-0.39, 0.29) is 18.6 Å². The van der Waals surface area contributed by atoms with Crippen LogP contribution < -0.4 is 19.1 Å². The average molecular weight is 433 g/mol. The SMILES string of the molecule is COC(=O)c1ccc(OCC(=O)N2c3ccccc3OC[C@H]2c2ccccc2)c(OC)c1. The summed E-state index contributed by atoms with van der Waals surface area (Å²) in [6.07, 6.45) is 0. The summed E-state index contributed by atoms with van der Waals surface area (Å²) in [6.45, 7) is 0.121. The minimum atomic E-state index is -0.485. The molecule has 3 aromatic rings. The predicted octanol–water partition coefficient (Wildman–Crippen LogP) is 4.03. The van der Waals surface area contributed by atoms with Crippen LogP contribution in [0.5, 0.6) is 17.2 Å². The molecule has 0 saturated heterocycles. The molecule has 32 heavy (non-hydrogen) atoms. The fourth-order valence-electron chi connectivity index (χ4n) is 3.66. The number of fused-ring (bicyclic) bond motifs is 1. The number of carbonyl (C=O) groups is 2. The minimum Gasteiger partial charge on any atom is -0.493 e. The molecule has 0 aromatic heterocycles. The molecule has 4 rings (SSSR count). The van der Waals surface area contributed by atoms with Crippen LogP contribution in [0.25, 0.3) is 0 Å². The van der Waals surface area contributed by atoms with E-state index in [2.05, 4.69) is 0 Å². The van der Waals surface area contributed by atoms with Crippen molar-refractivity contribution in [1.29, 1.82) is 0 Å². The number of benzene rings is 3. The first kappa shape index (κ1) is 21.2. The second-order valence-corrected chi connectivity index (χ2v) is 7.11. The molecule has 0 unspecified atom stereocenters. The van der Waals surface area contributed by atoms with E-state index in [0.717, 1.165) is 5.56 Å². The van der Waals surface area contributed by atoms with Crippen LogP contribution in [0.2, 0.25) is 0 Å². The summed E-state index contributed by atoms with van der Waals surface area (Å²) in [5, 5.41) is 0. The predicted molar refractivity (Wildman–Crippen MR) is 118 cm³/mol. The lowest BCUT2D eigenvalue weighted by atomic mass is 10.0. The van der Waals surface area contributed by atoms with Crippen LogP contribution in [0, 0.1) is 0 Å². The number of methoxy groups -OCH3 is 2. The van der Waals surface area contributed by atoms with Gasteiger partial charge >= 0.3 is 5.97 Å². The maximum Gasteiger partial charge on any atom is 0.337 e. The van der Waals surface area contributed by atoms with Gasteiger partial charge in [-0.25, -0.2) is 4.79 Å². The summed E-state index contributed by atoms with van der Waals surface area (Å²) in [6, 6.07) is 21.5. The average Bonchev–Trinajstić information content (AvgIpc) is 2.86. The summed E-state index contributed by atoms with van der Waals surface area (Å²) >= 11 is 0. The largest absolute Gasteiger partial charge is 0.493 e. The van der Waals surface area contributed by atoms with Gasteiger partial charge in [-0.2, -0.15) is 0 Å². The highest BCUT2D eigenvalue weighted by Gasteiger charge is 2.33. The maximum absolute atomic E-state index is 13.4. The number of anilines is 1. The number of esters is 1. The second-order valence-electron chi connectivity index (χ2n) is 7.11. The Morgan fingerprint density at radius 3 is 2.47 bits per heavy atom.